The van der Waals surface area contributed by atoms with Crippen LogP contribution in [0.3, 0.4) is 0 Å². The Morgan fingerprint density at radius 1 is 1.50 bits per heavy atom. The van der Waals surface area contributed by atoms with Gasteiger partial charge in [0.05, 0.1) is 11.4 Å². The SMILES string of the molecule is CC1CCN2c3cc(F)ccc3NC(=O)C12. The van der Waals surface area contributed by atoms with Gasteiger partial charge in [-0.25, -0.2) is 4.39 Å². The normalized spacial score (nSPS) is 27.4. The molecule has 1 saturated heterocycles. The molecule has 2 aliphatic rings. The lowest BCUT2D eigenvalue weighted by molar-refractivity contribution is -0.118. The van der Waals surface area contributed by atoms with Crippen LogP contribution in [0.5, 0.6) is 0 Å². The van der Waals surface area contributed by atoms with Crippen LogP contribution in [0.4, 0.5) is 15.8 Å². The summed E-state index contributed by atoms with van der Waals surface area (Å²) in [4.78, 5) is 13.9. The molecule has 0 spiro atoms. The Balaban J connectivity index is 2.11. The van der Waals surface area contributed by atoms with E-state index in [9.17, 15) is 9.18 Å². The van der Waals surface area contributed by atoms with Crippen LogP contribution >= 0.6 is 0 Å². The lowest BCUT2D eigenvalue weighted by atomic mass is 10.00. The van der Waals surface area contributed by atoms with Crippen molar-refractivity contribution in [3.05, 3.63) is 24.0 Å². The van der Waals surface area contributed by atoms with Crippen molar-refractivity contribution in [3.63, 3.8) is 0 Å². The fourth-order valence-corrected chi connectivity index (χ4v) is 2.67. The van der Waals surface area contributed by atoms with Crippen LogP contribution in [0.15, 0.2) is 18.2 Å². The van der Waals surface area contributed by atoms with Crippen molar-refractivity contribution in [2.45, 2.75) is 19.4 Å². The third kappa shape index (κ3) is 1.22. The van der Waals surface area contributed by atoms with Crippen molar-refractivity contribution < 1.29 is 9.18 Å². The summed E-state index contributed by atoms with van der Waals surface area (Å²) in [6.45, 7) is 2.89. The highest BCUT2D eigenvalue weighted by atomic mass is 19.1. The number of halogens is 1. The first-order valence-corrected chi connectivity index (χ1v) is 5.54. The maximum absolute atomic E-state index is 13.2. The number of fused-ring (bicyclic) bond motifs is 3. The van der Waals surface area contributed by atoms with Crippen molar-refractivity contribution >= 4 is 17.3 Å². The number of nitrogens with one attached hydrogen (secondary N) is 1. The third-order valence-corrected chi connectivity index (χ3v) is 3.50. The minimum Gasteiger partial charge on any atom is -0.358 e. The van der Waals surface area contributed by atoms with E-state index in [2.05, 4.69) is 12.2 Å². The van der Waals surface area contributed by atoms with Gasteiger partial charge >= 0.3 is 0 Å². The highest BCUT2D eigenvalue weighted by molar-refractivity contribution is 6.04. The summed E-state index contributed by atoms with van der Waals surface area (Å²) in [6.07, 6.45) is 0.980. The van der Waals surface area contributed by atoms with Crippen LogP contribution in [0, 0.1) is 11.7 Å². The quantitative estimate of drug-likeness (QED) is 0.725. The van der Waals surface area contributed by atoms with Crippen LogP contribution in [0.2, 0.25) is 0 Å². The summed E-state index contributed by atoms with van der Waals surface area (Å²) in [6, 6.07) is 4.37. The van der Waals surface area contributed by atoms with Gasteiger partial charge in [0.15, 0.2) is 0 Å². The maximum atomic E-state index is 13.2. The zero-order chi connectivity index (χ0) is 11.3. The topological polar surface area (TPSA) is 32.3 Å². The van der Waals surface area contributed by atoms with E-state index in [0.29, 0.717) is 5.92 Å². The molecule has 1 N–H and O–H groups in total. The molecule has 16 heavy (non-hydrogen) atoms. The highest BCUT2D eigenvalue weighted by Gasteiger charge is 2.40. The van der Waals surface area contributed by atoms with Gasteiger partial charge in [-0.15, -0.1) is 0 Å². The summed E-state index contributed by atoms with van der Waals surface area (Å²) in [5.41, 5.74) is 1.53. The number of nitrogens with zero attached hydrogens (tertiary/aromatic N) is 1. The smallest absolute Gasteiger partial charge is 0.247 e. The van der Waals surface area contributed by atoms with Gasteiger partial charge in [-0.05, 0) is 30.5 Å². The average Bonchev–Trinajstić information content (AvgIpc) is 2.63. The summed E-state index contributed by atoms with van der Waals surface area (Å²) in [7, 11) is 0. The Hall–Kier alpha value is -1.58. The molecule has 0 aliphatic carbocycles. The molecule has 3 rings (SSSR count). The predicted molar refractivity (Wildman–Crippen MR) is 59.9 cm³/mol. The Labute approximate surface area is 93.2 Å². The number of benzene rings is 1. The monoisotopic (exact) mass is 220 g/mol. The van der Waals surface area contributed by atoms with E-state index >= 15 is 0 Å². The van der Waals surface area contributed by atoms with E-state index < -0.39 is 0 Å². The van der Waals surface area contributed by atoms with Crippen LogP contribution in [-0.4, -0.2) is 18.5 Å². The first-order chi connectivity index (χ1) is 7.66. The van der Waals surface area contributed by atoms with Gasteiger partial charge in [-0.2, -0.15) is 0 Å². The fourth-order valence-electron chi connectivity index (χ4n) is 2.67. The summed E-state index contributed by atoms with van der Waals surface area (Å²) in [5.74, 6) is 0.105. The molecule has 1 aromatic carbocycles. The largest absolute Gasteiger partial charge is 0.358 e. The second-order valence-electron chi connectivity index (χ2n) is 4.55. The Morgan fingerprint density at radius 2 is 2.31 bits per heavy atom. The molecule has 2 aliphatic heterocycles. The zero-order valence-corrected chi connectivity index (χ0v) is 9.03. The van der Waals surface area contributed by atoms with E-state index in [-0.39, 0.29) is 17.8 Å². The van der Waals surface area contributed by atoms with Gasteiger partial charge in [0, 0.05) is 6.54 Å². The average molecular weight is 220 g/mol. The van der Waals surface area contributed by atoms with E-state index in [1.807, 2.05) is 4.90 Å². The van der Waals surface area contributed by atoms with Gasteiger partial charge in [-0.1, -0.05) is 6.92 Å². The molecule has 1 aromatic rings. The minimum absolute atomic E-state index is 0.0316. The van der Waals surface area contributed by atoms with Crippen molar-refractivity contribution in [2.24, 2.45) is 5.92 Å². The molecule has 2 heterocycles. The molecular weight excluding hydrogens is 207 g/mol. The second kappa shape index (κ2) is 3.20. The van der Waals surface area contributed by atoms with Crippen LogP contribution < -0.4 is 10.2 Å². The van der Waals surface area contributed by atoms with Crippen LogP contribution in [-0.2, 0) is 4.79 Å². The molecule has 2 atom stereocenters. The third-order valence-electron chi connectivity index (χ3n) is 3.50. The molecule has 1 amide bonds. The predicted octanol–water partition coefficient (Wildman–Crippen LogP) is 1.99. The summed E-state index contributed by atoms with van der Waals surface area (Å²) in [5, 5.41) is 2.84. The molecule has 2 unspecified atom stereocenters. The van der Waals surface area contributed by atoms with E-state index in [0.717, 1.165) is 24.3 Å². The Morgan fingerprint density at radius 3 is 3.12 bits per heavy atom. The Kier molecular flexibility index (Phi) is 1.93. The molecular formula is C12H13FN2O. The molecule has 0 radical (unpaired) electrons. The number of hydrogen-bond donors (Lipinski definition) is 1. The molecule has 84 valence electrons. The summed E-state index contributed by atoms with van der Waals surface area (Å²) >= 11 is 0. The van der Waals surface area contributed by atoms with Crippen molar-refractivity contribution in [2.75, 3.05) is 16.8 Å². The van der Waals surface area contributed by atoms with E-state index in [4.69, 9.17) is 0 Å². The number of rotatable bonds is 0. The molecule has 1 fully saturated rings. The first kappa shape index (κ1) is 9.63. The second-order valence-corrected chi connectivity index (χ2v) is 4.55. The number of carbonyl (C=O) groups is 1. The summed E-state index contributed by atoms with van der Waals surface area (Å²) < 4.78 is 13.2. The van der Waals surface area contributed by atoms with Gasteiger partial charge in [0.25, 0.3) is 0 Å². The van der Waals surface area contributed by atoms with Gasteiger partial charge in [-0.3, -0.25) is 4.79 Å². The lowest BCUT2D eigenvalue weighted by Gasteiger charge is -2.34. The standard InChI is InChI=1S/C12H13FN2O/c1-7-4-5-15-10-6-8(13)2-3-9(10)14-12(16)11(7)15/h2-3,6-7,11H,4-5H2,1H3,(H,14,16). The van der Waals surface area contributed by atoms with E-state index in [1.165, 1.54) is 12.1 Å². The maximum Gasteiger partial charge on any atom is 0.247 e. The number of carbonyl (C=O) groups excluding carboxylic acids is 1. The van der Waals surface area contributed by atoms with Gasteiger partial charge in [0.1, 0.15) is 11.9 Å². The van der Waals surface area contributed by atoms with E-state index in [1.54, 1.807) is 6.07 Å². The molecule has 3 nitrogen and oxygen atoms in total. The lowest BCUT2D eigenvalue weighted by Crippen LogP contribution is -2.46. The first-order valence-electron chi connectivity index (χ1n) is 5.54. The highest BCUT2D eigenvalue weighted by Crippen LogP contribution is 2.39. The molecule has 0 bridgehead atoms. The molecule has 0 aromatic heterocycles. The number of amides is 1. The van der Waals surface area contributed by atoms with Gasteiger partial charge in [0.2, 0.25) is 5.91 Å². The Bertz CT molecular complexity index is 460. The molecule has 4 heteroatoms. The minimum atomic E-state index is -0.256. The van der Waals surface area contributed by atoms with Crippen LogP contribution in [0.25, 0.3) is 0 Å². The number of hydrogen-bond acceptors (Lipinski definition) is 2. The van der Waals surface area contributed by atoms with Crippen molar-refractivity contribution in [1.82, 2.24) is 0 Å². The van der Waals surface area contributed by atoms with Crippen molar-refractivity contribution in [3.8, 4) is 0 Å². The van der Waals surface area contributed by atoms with Gasteiger partial charge < -0.3 is 10.2 Å². The van der Waals surface area contributed by atoms with Crippen molar-refractivity contribution in [1.29, 1.82) is 0 Å². The zero-order valence-electron chi connectivity index (χ0n) is 9.03. The number of anilines is 2. The van der Waals surface area contributed by atoms with Crippen LogP contribution in [0.1, 0.15) is 13.3 Å². The fraction of sp³-hybridized carbons (Fsp3) is 0.417. The molecule has 0 saturated carbocycles.